The first-order valence-electron chi connectivity index (χ1n) is 9.12. The normalized spacial score (nSPS) is 15.6. The van der Waals surface area contributed by atoms with Crippen LogP contribution >= 0.6 is 0 Å². The molecule has 1 aromatic heterocycles. The number of carbonyl (C=O) groups is 1. The Hall–Kier alpha value is -3.15. The third kappa shape index (κ3) is 4.34. The van der Waals surface area contributed by atoms with Gasteiger partial charge < -0.3 is 14.6 Å². The van der Waals surface area contributed by atoms with Crippen LogP contribution in [0.2, 0.25) is 0 Å². The zero-order valence-corrected chi connectivity index (χ0v) is 14.9. The summed E-state index contributed by atoms with van der Waals surface area (Å²) < 4.78 is 11.0. The molecule has 6 heteroatoms. The molecule has 1 aliphatic rings. The van der Waals surface area contributed by atoms with Crippen molar-refractivity contribution in [3.63, 3.8) is 0 Å². The summed E-state index contributed by atoms with van der Waals surface area (Å²) in [6, 6.07) is 17.8. The van der Waals surface area contributed by atoms with E-state index in [0.29, 0.717) is 44.1 Å². The summed E-state index contributed by atoms with van der Waals surface area (Å²) in [7, 11) is 0. The van der Waals surface area contributed by atoms with Crippen molar-refractivity contribution in [1.82, 2.24) is 15.5 Å². The van der Waals surface area contributed by atoms with Crippen LogP contribution in [0.4, 0.5) is 0 Å². The number of para-hydroxylation sites is 1. The topological polar surface area (TPSA) is 77.3 Å². The lowest BCUT2D eigenvalue weighted by molar-refractivity contribution is -0.126. The van der Waals surface area contributed by atoms with E-state index in [4.69, 9.17) is 9.26 Å². The van der Waals surface area contributed by atoms with Crippen LogP contribution < -0.4 is 10.1 Å². The van der Waals surface area contributed by atoms with E-state index in [1.165, 1.54) is 0 Å². The number of benzene rings is 2. The maximum Gasteiger partial charge on any atom is 0.228 e. The second-order valence-electron chi connectivity index (χ2n) is 6.63. The van der Waals surface area contributed by atoms with Crippen LogP contribution in [0.5, 0.6) is 5.75 Å². The molecule has 0 bridgehead atoms. The summed E-state index contributed by atoms with van der Waals surface area (Å²) in [6.07, 6.45) is 1.84. The lowest BCUT2D eigenvalue weighted by Crippen LogP contribution is -2.38. The molecule has 2 heterocycles. The molecule has 138 valence electrons. The number of fused-ring (bicyclic) bond motifs is 1. The van der Waals surface area contributed by atoms with Crippen LogP contribution in [0, 0.1) is 5.92 Å². The SMILES string of the molecule is O=C(NCCc1nc(Cc2ccccc2)no1)C1COc2ccccc2C1. The van der Waals surface area contributed by atoms with Crippen molar-refractivity contribution in [2.75, 3.05) is 13.2 Å². The molecule has 0 saturated heterocycles. The third-order valence-electron chi connectivity index (χ3n) is 4.60. The van der Waals surface area contributed by atoms with Crippen LogP contribution in [-0.2, 0) is 24.1 Å². The Morgan fingerprint density at radius 3 is 2.81 bits per heavy atom. The van der Waals surface area contributed by atoms with Gasteiger partial charge in [0.2, 0.25) is 11.8 Å². The lowest BCUT2D eigenvalue weighted by Gasteiger charge is -2.24. The van der Waals surface area contributed by atoms with Gasteiger partial charge in [-0.05, 0) is 23.6 Å². The molecule has 0 radical (unpaired) electrons. The number of hydrogen-bond donors (Lipinski definition) is 1. The van der Waals surface area contributed by atoms with Gasteiger partial charge in [0, 0.05) is 19.4 Å². The molecule has 6 nitrogen and oxygen atoms in total. The summed E-state index contributed by atoms with van der Waals surface area (Å²) in [5.74, 6) is 1.88. The van der Waals surface area contributed by atoms with Crippen molar-refractivity contribution >= 4 is 5.91 Å². The first-order chi connectivity index (χ1) is 13.3. The highest BCUT2D eigenvalue weighted by molar-refractivity contribution is 5.79. The predicted octanol–water partition coefficient (Wildman–Crippen LogP) is 2.57. The largest absolute Gasteiger partial charge is 0.492 e. The van der Waals surface area contributed by atoms with E-state index in [-0.39, 0.29) is 11.8 Å². The minimum Gasteiger partial charge on any atom is -0.492 e. The first kappa shape index (κ1) is 17.3. The third-order valence-corrected chi connectivity index (χ3v) is 4.60. The Bertz CT molecular complexity index is 908. The van der Waals surface area contributed by atoms with Crippen LogP contribution in [0.3, 0.4) is 0 Å². The van der Waals surface area contributed by atoms with Crippen LogP contribution in [0.1, 0.15) is 22.8 Å². The minimum absolute atomic E-state index is 0.00599. The van der Waals surface area contributed by atoms with E-state index in [9.17, 15) is 4.79 Å². The van der Waals surface area contributed by atoms with E-state index in [2.05, 4.69) is 15.5 Å². The first-order valence-corrected chi connectivity index (χ1v) is 9.12. The van der Waals surface area contributed by atoms with Crippen molar-refractivity contribution in [3.05, 3.63) is 77.4 Å². The fourth-order valence-electron chi connectivity index (χ4n) is 3.18. The van der Waals surface area contributed by atoms with Crippen LogP contribution in [0.25, 0.3) is 0 Å². The molecule has 1 atom stereocenters. The number of amides is 1. The fourth-order valence-corrected chi connectivity index (χ4v) is 3.18. The zero-order valence-electron chi connectivity index (χ0n) is 14.9. The number of carbonyl (C=O) groups excluding carboxylic acids is 1. The number of nitrogens with one attached hydrogen (secondary N) is 1. The van der Waals surface area contributed by atoms with Gasteiger partial charge in [0.05, 0.1) is 5.92 Å². The van der Waals surface area contributed by atoms with Gasteiger partial charge in [-0.3, -0.25) is 4.79 Å². The quantitative estimate of drug-likeness (QED) is 0.728. The molecule has 0 fully saturated rings. The van der Waals surface area contributed by atoms with Gasteiger partial charge in [-0.2, -0.15) is 4.98 Å². The minimum atomic E-state index is -0.170. The second kappa shape index (κ2) is 8.03. The average molecular weight is 363 g/mol. The highest BCUT2D eigenvalue weighted by Crippen LogP contribution is 2.26. The maximum atomic E-state index is 12.4. The van der Waals surface area contributed by atoms with Crippen molar-refractivity contribution in [2.24, 2.45) is 5.92 Å². The Morgan fingerprint density at radius 1 is 1.11 bits per heavy atom. The lowest BCUT2D eigenvalue weighted by atomic mass is 9.96. The Morgan fingerprint density at radius 2 is 1.93 bits per heavy atom. The molecule has 2 aromatic carbocycles. The van der Waals surface area contributed by atoms with Crippen molar-refractivity contribution in [2.45, 2.75) is 19.3 Å². The molecule has 27 heavy (non-hydrogen) atoms. The molecule has 0 spiro atoms. The van der Waals surface area contributed by atoms with Crippen molar-refractivity contribution < 1.29 is 14.1 Å². The molecule has 0 aliphatic carbocycles. The van der Waals surface area contributed by atoms with Gasteiger partial charge in [0.1, 0.15) is 12.4 Å². The predicted molar refractivity (Wildman–Crippen MR) is 99.4 cm³/mol. The average Bonchev–Trinajstić information content (AvgIpc) is 3.15. The van der Waals surface area contributed by atoms with E-state index in [0.717, 1.165) is 16.9 Å². The van der Waals surface area contributed by atoms with Gasteiger partial charge in [-0.25, -0.2) is 0 Å². The number of aromatic nitrogens is 2. The summed E-state index contributed by atoms with van der Waals surface area (Å²) in [5.41, 5.74) is 2.21. The molecule has 3 aromatic rings. The van der Waals surface area contributed by atoms with Crippen LogP contribution in [0.15, 0.2) is 59.1 Å². The molecule has 4 rings (SSSR count). The van der Waals surface area contributed by atoms with E-state index >= 15 is 0 Å². The number of rotatable bonds is 6. The van der Waals surface area contributed by atoms with Gasteiger partial charge >= 0.3 is 0 Å². The highest BCUT2D eigenvalue weighted by Gasteiger charge is 2.25. The molecule has 0 saturated carbocycles. The number of nitrogens with zero attached hydrogens (tertiary/aromatic N) is 2. The highest BCUT2D eigenvalue weighted by atomic mass is 16.5. The summed E-state index contributed by atoms with van der Waals surface area (Å²) >= 11 is 0. The molecular formula is C21H21N3O3. The Kier molecular flexibility index (Phi) is 5.14. The molecule has 1 aliphatic heterocycles. The van der Waals surface area contributed by atoms with Gasteiger partial charge in [0.15, 0.2) is 5.82 Å². The van der Waals surface area contributed by atoms with E-state index in [1.54, 1.807) is 0 Å². The maximum absolute atomic E-state index is 12.4. The smallest absolute Gasteiger partial charge is 0.228 e. The monoisotopic (exact) mass is 363 g/mol. The Labute approximate surface area is 157 Å². The molecule has 1 unspecified atom stereocenters. The van der Waals surface area contributed by atoms with Gasteiger partial charge in [0.25, 0.3) is 0 Å². The number of ether oxygens (including phenoxy) is 1. The fraction of sp³-hybridized carbons (Fsp3) is 0.286. The molecule has 1 amide bonds. The van der Waals surface area contributed by atoms with Crippen molar-refractivity contribution in [3.8, 4) is 5.75 Å². The summed E-state index contributed by atoms with van der Waals surface area (Å²) in [4.78, 5) is 16.8. The zero-order chi connectivity index (χ0) is 18.5. The van der Waals surface area contributed by atoms with Crippen LogP contribution in [-0.4, -0.2) is 29.2 Å². The number of hydrogen-bond acceptors (Lipinski definition) is 5. The summed E-state index contributed by atoms with van der Waals surface area (Å²) in [6.45, 7) is 0.870. The Balaban J connectivity index is 1.25. The van der Waals surface area contributed by atoms with E-state index in [1.807, 2.05) is 54.6 Å². The van der Waals surface area contributed by atoms with E-state index < -0.39 is 0 Å². The molecule has 1 N–H and O–H groups in total. The standard InChI is InChI=1S/C21H21N3O3/c25-21(17-13-16-8-4-5-9-18(16)26-14-17)22-11-10-20-23-19(24-27-20)12-15-6-2-1-3-7-15/h1-9,17H,10-14H2,(H,22,25). The molecular weight excluding hydrogens is 342 g/mol. The van der Waals surface area contributed by atoms with Gasteiger partial charge in [-0.15, -0.1) is 0 Å². The van der Waals surface area contributed by atoms with Gasteiger partial charge in [-0.1, -0.05) is 53.7 Å². The second-order valence-corrected chi connectivity index (χ2v) is 6.63. The summed E-state index contributed by atoms with van der Waals surface area (Å²) in [5, 5.41) is 6.95. The van der Waals surface area contributed by atoms with Crippen molar-refractivity contribution in [1.29, 1.82) is 0 Å².